The van der Waals surface area contributed by atoms with Crippen molar-refractivity contribution >= 4 is 5.91 Å². The lowest BCUT2D eigenvalue weighted by Gasteiger charge is -2.19. The SMILES string of the molecule is CCc1ccc(CN(C)C(=O)c2ccccc2CCNC)cc1. The maximum absolute atomic E-state index is 12.8. The fraction of sp³-hybridized carbons (Fsp3) is 0.350. The number of benzene rings is 2. The number of nitrogens with one attached hydrogen (secondary N) is 1. The van der Waals surface area contributed by atoms with E-state index < -0.39 is 0 Å². The van der Waals surface area contributed by atoms with Crippen LogP contribution in [0, 0.1) is 0 Å². The van der Waals surface area contributed by atoms with Gasteiger partial charge < -0.3 is 10.2 Å². The number of amides is 1. The second-order valence-electron chi connectivity index (χ2n) is 5.84. The van der Waals surface area contributed by atoms with Gasteiger partial charge in [-0.05, 0) is 49.2 Å². The smallest absolute Gasteiger partial charge is 0.254 e. The molecule has 122 valence electrons. The first-order valence-electron chi connectivity index (χ1n) is 8.21. The normalized spacial score (nSPS) is 10.6. The molecule has 23 heavy (non-hydrogen) atoms. The summed E-state index contributed by atoms with van der Waals surface area (Å²) in [4.78, 5) is 14.6. The summed E-state index contributed by atoms with van der Waals surface area (Å²) in [7, 11) is 3.79. The number of rotatable bonds is 7. The molecular weight excluding hydrogens is 284 g/mol. The largest absolute Gasteiger partial charge is 0.337 e. The van der Waals surface area contributed by atoms with Crippen LogP contribution in [0.1, 0.15) is 34.0 Å². The summed E-state index contributed by atoms with van der Waals surface area (Å²) in [6, 6.07) is 16.4. The highest BCUT2D eigenvalue weighted by Gasteiger charge is 2.15. The Morgan fingerprint density at radius 1 is 1.04 bits per heavy atom. The first-order chi connectivity index (χ1) is 11.2. The number of aryl methyl sites for hydroxylation is 1. The summed E-state index contributed by atoms with van der Waals surface area (Å²) < 4.78 is 0. The number of nitrogens with zero attached hydrogens (tertiary/aromatic N) is 1. The molecule has 0 bridgehead atoms. The summed E-state index contributed by atoms with van der Waals surface area (Å²) in [5, 5.41) is 3.14. The van der Waals surface area contributed by atoms with Gasteiger partial charge in [0.15, 0.2) is 0 Å². The first kappa shape index (κ1) is 17.2. The van der Waals surface area contributed by atoms with Gasteiger partial charge >= 0.3 is 0 Å². The van der Waals surface area contributed by atoms with Gasteiger partial charge in [-0.1, -0.05) is 49.4 Å². The molecule has 3 heteroatoms. The van der Waals surface area contributed by atoms with Crippen molar-refractivity contribution < 1.29 is 4.79 Å². The molecule has 0 aliphatic carbocycles. The van der Waals surface area contributed by atoms with Crippen LogP contribution in [0.15, 0.2) is 48.5 Å². The Bertz CT molecular complexity index is 634. The molecule has 0 spiro atoms. The van der Waals surface area contributed by atoms with E-state index in [1.165, 1.54) is 5.56 Å². The van der Waals surface area contributed by atoms with Crippen LogP contribution in [0.5, 0.6) is 0 Å². The van der Waals surface area contributed by atoms with Crippen LogP contribution in [0.2, 0.25) is 0 Å². The molecule has 0 aromatic heterocycles. The van der Waals surface area contributed by atoms with Crippen molar-refractivity contribution in [1.82, 2.24) is 10.2 Å². The highest BCUT2D eigenvalue weighted by molar-refractivity contribution is 5.95. The van der Waals surface area contributed by atoms with Crippen molar-refractivity contribution in [3.05, 3.63) is 70.8 Å². The fourth-order valence-corrected chi connectivity index (χ4v) is 2.64. The van der Waals surface area contributed by atoms with Gasteiger partial charge in [-0.2, -0.15) is 0 Å². The van der Waals surface area contributed by atoms with Gasteiger partial charge in [0.1, 0.15) is 0 Å². The topological polar surface area (TPSA) is 32.3 Å². The fourth-order valence-electron chi connectivity index (χ4n) is 2.64. The lowest BCUT2D eigenvalue weighted by Crippen LogP contribution is -2.27. The summed E-state index contributed by atoms with van der Waals surface area (Å²) in [6.45, 7) is 3.64. The van der Waals surface area contributed by atoms with Crippen molar-refractivity contribution in [1.29, 1.82) is 0 Å². The van der Waals surface area contributed by atoms with Gasteiger partial charge in [-0.25, -0.2) is 0 Å². The minimum Gasteiger partial charge on any atom is -0.337 e. The predicted octanol–water partition coefficient (Wildman–Crippen LogP) is 3.28. The Kier molecular flexibility index (Phi) is 6.36. The molecule has 0 saturated carbocycles. The van der Waals surface area contributed by atoms with Crippen LogP contribution in [-0.4, -0.2) is 31.4 Å². The van der Waals surface area contributed by atoms with Gasteiger partial charge in [-0.3, -0.25) is 4.79 Å². The van der Waals surface area contributed by atoms with Crippen LogP contribution >= 0.6 is 0 Å². The lowest BCUT2D eigenvalue weighted by molar-refractivity contribution is 0.0784. The van der Waals surface area contributed by atoms with Gasteiger partial charge in [-0.15, -0.1) is 0 Å². The van der Waals surface area contributed by atoms with Gasteiger partial charge in [0.2, 0.25) is 0 Å². The molecule has 2 aromatic rings. The second-order valence-corrected chi connectivity index (χ2v) is 5.84. The van der Waals surface area contributed by atoms with Crippen LogP contribution in [0.4, 0.5) is 0 Å². The maximum Gasteiger partial charge on any atom is 0.254 e. The third-order valence-corrected chi connectivity index (χ3v) is 4.09. The molecule has 1 amide bonds. The van der Waals surface area contributed by atoms with E-state index in [-0.39, 0.29) is 5.91 Å². The number of carbonyl (C=O) groups excluding carboxylic acids is 1. The lowest BCUT2D eigenvalue weighted by atomic mass is 10.0. The molecule has 0 radical (unpaired) electrons. The maximum atomic E-state index is 12.8. The predicted molar refractivity (Wildman–Crippen MR) is 95.7 cm³/mol. The van der Waals surface area contributed by atoms with E-state index in [0.717, 1.165) is 36.1 Å². The number of hydrogen-bond donors (Lipinski definition) is 1. The van der Waals surface area contributed by atoms with Gasteiger partial charge in [0.25, 0.3) is 5.91 Å². The summed E-state index contributed by atoms with van der Waals surface area (Å²) in [6.07, 6.45) is 1.89. The van der Waals surface area contributed by atoms with Crippen LogP contribution < -0.4 is 5.32 Å². The monoisotopic (exact) mass is 310 g/mol. The summed E-state index contributed by atoms with van der Waals surface area (Å²) in [5.74, 6) is 0.0799. The van der Waals surface area contributed by atoms with Crippen LogP contribution in [-0.2, 0) is 19.4 Å². The van der Waals surface area contributed by atoms with E-state index in [0.29, 0.717) is 6.54 Å². The number of hydrogen-bond acceptors (Lipinski definition) is 2. The Labute approximate surface area is 139 Å². The second kappa shape index (κ2) is 8.49. The van der Waals surface area contributed by atoms with E-state index in [4.69, 9.17) is 0 Å². The highest BCUT2D eigenvalue weighted by Crippen LogP contribution is 2.14. The molecule has 2 rings (SSSR count). The molecule has 0 saturated heterocycles. The van der Waals surface area contributed by atoms with Crippen LogP contribution in [0.3, 0.4) is 0 Å². The van der Waals surface area contributed by atoms with Crippen molar-refractivity contribution in [2.45, 2.75) is 26.3 Å². The summed E-state index contributed by atoms with van der Waals surface area (Å²) in [5.41, 5.74) is 4.38. The Balaban J connectivity index is 2.09. The molecule has 0 aliphatic heterocycles. The molecule has 0 atom stereocenters. The van der Waals surface area contributed by atoms with E-state index in [2.05, 4.69) is 36.5 Å². The zero-order valence-corrected chi connectivity index (χ0v) is 14.3. The average Bonchev–Trinajstić information content (AvgIpc) is 2.60. The Hall–Kier alpha value is -2.13. The minimum atomic E-state index is 0.0799. The molecule has 0 fully saturated rings. The van der Waals surface area contributed by atoms with Crippen molar-refractivity contribution in [3.8, 4) is 0 Å². The number of likely N-dealkylation sites (N-methyl/N-ethyl adjacent to an activating group) is 1. The Morgan fingerprint density at radius 2 is 1.70 bits per heavy atom. The molecular formula is C20H26N2O. The molecule has 3 nitrogen and oxygen atoms in total. The molecule has 2 aromatic carbocycles. The quantitative estimate of drug-likeness (QED) is 0.851. The average molecular weight is 310 g/mol. The Morgan fingerprint density at radius 3 is 2.35 bits per heavy atom. The zero-order valence-electron chi connectivity index (χ0n) is 14.3. The standard InChI is InChI=1S/C20H26N2O/c1-4-16-9-11-17(12-10-16)15-22(3)20(23)19-8-6-5-7-18(19)13-14-21-2/h5-12,21H,4,13-15H2,1-3H3. The van der Waals surface area contributed by atoms with E-state index in [9.17, 15) is 4.79 Å². The number of carbonyl (C=O) groups is 1. The molecule has 0 heterocycles. The summed E-state index contributed by atoms with van der Waals surface area (Å²) >= 11 is 0. The molecule has 1 N–H and O–H groups in total. The van der Waals surface area contributed by atoms with Gasteiger partial charge in [0, 0.05) is 19.2 Å². The van der Waals surface area contributed by atoms with Crippen LogP contribution in [0.25, 0.3) is 0 Å². The van der Waals surface area contributed by atoms with E-state index >= 15 is 0 Å². The minimum absolute atomic E-state index is 0.0799. The molecule has 0 aliphatic rings. The highest BCUT2D eigenvalue weighted by atomic mass is 16.2. The van der Waals surface area contributed by atoms with E-state index in [1.807, 2.05) is 38.4 Å². The van der Waals surface area contributed by atoms with Crippen molar-refractivity contribution in [3.63, 3.8) is 0 Å². The van der Waals surface area contributed by atoms with E-state index in [1.54, 1.807) is 4.90 Å². The van der Waals surface area contributed by atoms with Crippen molar-refractivity contribution in [2.75, 3.05) is 20.6 Å². The third-order valence-electron chi connectivity index (χ3n) is 4.09. The first-order valence-corrected chi connectivity index (χ1v) is 8.21. The van der Waals surface area contributed by atoms with Gasteiger partial charge in [0.05, 0.1) is 0 Å². The van der Waals surface area contributed by atoms with Crippen molar-refractivity contribution in [2.24, 2.45) is 0 Å². The zero-order chi connectivity index (χ0) is 16.7. The third kappa shape index (κ3) is 4.67. The molecule has 0 unspecified atom stereocenters.